The van der Waals surface area contributed by atoms with Gasteiger partial charge in [0.1, 0.15) is 0 Å². The Morgan fingerprint density at radius 1 is 1.41 bits per heavy atom. The van der Waals surface area contributed by atoms with E-state index >= 15 is 0 Å². The number of hydrogen-bond acceptors (Lipinski definition) is 2. The topological polar surface area (TPSA) is 55.1 Å². The van der Waals surface area contributed by atoms with Crippen molar-refractivity contribution >= 4 is 5.91 Å². The van der Waals surface area contributed by atoms with Crippen LogP contribution in [0.15, 0.2) is 24.3 Å². The minimum Gasteiger partial charge on any atom is -0.353 e. The minimum absolute atomic E-state index is 0.104. The molecule has 0 bridgehead atoms. The molecule has 1 amide bonds. The third-order valence-corrected chi connectivity index (χ3v) is 3.41. The van der Waals surface area contributed by atoms with Crippen LogP contribution in [0.3, 0.4) is 0 Å². The number of fused-ring (bicyclic) bond motifs is 1. The molecule has 92 valence electrons. The lowest BCUT2D eigenvalue weighted by atomic mass is 10.0. The molecule has 3 N–H and O–H groups in total. The molecule has 1 aromatic rings. The lowest BCUT2D eigenvalue weighted by molar-refractivity contribution is -0.125. The molecule has 0 spiro atoms. The first-order chi connectivity index (χ1) is 8.20. The Bertz CT molecular complexity index is 378. The van der Waals surface area contributed by atoms with Gasteiger partial charge in [-0.15, -0.1) is 0 Å². The van der Waals surface area contributed by atoms with Crippen LogP contribution >= 0.6 is 0 Å². The molecule has 2 rings (SSSR count). The predicted molar refractivity (Wildman–Crippen MR) is 68.6 cm³/mol. The van der Waals surface area contributed by atoms with Crippen molar-refractivity contribution in [2.24, 2.45) is 11.7 Å². The van der Waals surface area contributed by atoms with Gasteiger partial charge < -0.3 is 11.1 Å². The summed E-state index contributed by atoms with van der Waals surface area (Å²) >= 11 is 0. The summed E-state index contributed by atoms with van der Waals surface area (Å²) in [4.78, 5) is 12.0. The zero-order valence-corrected chi connectivity index (χ0v) is 10.3. The van der Waals surface area contributed by atoms with E-state index in [-0.39, 0.29) is 17.9 Å². The van der Waals surface area contributed by atoms with Gasteiger partial charge in [-0.1, -0.05) is 24.3 Å². The van der Waals surface area contributed by atoms with Gasteiger partial charge in [-0.25, -0.2) is 0 Å². The smallest absolute Gasteiger partial charge is 0.223 e. The van der Waals surface area contributed by atoms with Crippen molar-refractivity contribution in [2.45, 2.75) is 32.2 Å². The number of hydrogen-bond donors (Lipinski definition) is 2. The fraction of sp³-hybridized carbons (Fsp3) is 0.500. The van der Waals surface area contributed by atoms with Crippen LogP contribution in [0.4, 0.5) is 0 Å². The molecule has 1 aromatic carbocycles. The molecule has 3 heteroatoms. The monoisotopic (exact) mass is 232 g/mol. The van der Waals surface area contributed by atoms with Crippen molar-refractivity contribution in [3.05, 3.63) is 35.4 Å². The molecule has 0 aromatic heterocycles. The fourth-order valence-corrected chi connectivity index (χ4v) is 2.43. The second-order valence-corrected chi connectivity index (χ2v) is 4.86. The summed E-state index contributed by atoms with van der Waals surface area (Å²) < 4.78 is 0. The Labute approximate surface area is 102 Å². The van der Waals surface area contributed by atoms with Gasteiger partial charge in [0, 0.05) is 12.0 Å². The zero-order valence-electron chi connectivity index (χ0n) is 10.3. The fourth-order valence-electron chi connectivity index (χ4n) is 2.43. The van der Waals surface area contributed by atoms with Crippen LogP contribution < -0.4 is 11.1 Å². The first kappa shape index (κ1) is 12.1. The maximum Gasteiger partial charge on any atom is 0.223 e. The minimum atomic E-state index is 0.104. The maximum absolute atomic E-state index is 12.0. The number of rotatable bonds is 4. The van der Waals surface area contributed by atoms with Gasteiger partial charge >= 0.3 is 0 Å². The average Bonchev–Trinajstić information content (AvgIpc) is 2.72. The summed E-state index contributed by atoms with van der Waals surface area (Å²) in [7, 11) is 0. The molecule has 0 heterocycles. The summed E-state index contributed by atoms with van der Waals surface area (Å²) in [5.41, 5.74) is 8.11. The molecule has 0 fully saturated rings. The van der Waals surface area contributed by atoms with Crippen LogP contribution in [-0.4, -0.2) is 18.5 Å². The predicted octanol–water partition coefficient (Wildman–Crippen LogP) is 1.25. The number of nitrogens with one attached hydrogen (secondary N) is 1. The van der Waals surface area contributed by atoms with Crippen LogP contribution in [0.25, 0.3) is 0 Å². The van der Waals surface area contributed by atoms with E-state index in [1.807, 2.05) is 19.1 Å². The van der Waals surface area contributed by atoms with Gasteiger partial charge in [-0.05, 0) is 43.9 Å². The lowest BCUT2D eigenvalue weighted by Gasteiger charge is -2.16. The third kappa shape index (κ3) is 2.86. The Balaban J connectivity index is 1.92. The van der Waals surface area contributed by atoms with E-state index < -0.39 is 0 Å². The molecule has 3 nitrogen and oxygen atoms in total. The van der Waals surface area contributed by atoms with Gasteiger partial charge in [0.15, 0.2) is 0 Å². The number of benzene rings is 1. The number of carbonyl (C=O) groups is 1. The highest BCUT2D eigenvalue weighted by Gasteiger charge is 2.27. The molecule has 17 heavy (non-hydrogen) atoms. The van der Waals surface area contributed by atoms with E-state index in [1.54, 1.807) is 0 Å². The second kappa shape index (κ2) is 5.32. The van der Waals surface area contributed by atoms with Crippen LogP contribution in [0.2, 0.25) is 0 Å². The van der Waals surface area contributed by atoms with E-state index in [4.69, 9.17) is 5.73 Å². The first-order valence-corrected chi connectivity index (χ1v) is 6.28. The van der Waals surface area contributed by atoms with Crippen LogP contribution in [0.1, 0.15) is 24.5 Å². The third-order valence-electron chi connectivity index (χ3n) is 3.41. The molecule has 1 atom stereocenters. The van der Waals surface area contributed by atoms with Crippen molar-refractivity contribution in [1.82, 2.24) is 5.32 Å². The molecule has 1 aliphatic carbocycles. The highest BCUT2D eigenvalue weighted by Crippen LogP contribution is 2.26. The standard InChI is InChI=1S/C14H20N2O/c1-10(6-7-15)16-14(17)13-8-11-4-2-3-5-12(11)9-13/h2-5,10,13H,6-9,15H2,1H3,(H,16,17). The highest BCUT2D eigenvalue weighted by atomic mass is 16.1. The maximum atomic E-state index is 12.0. The van der Waals surface area contributed by atoms with E-state index in [2.05, 4.69) is 17.4 Å². The highest BCUT2D eigenvalue weighted by molar-refractivity contribution is 5.80. The summed E-state index contributed by atoms with van der Waals surface area (Å²) in [6.45, 7) is 2.62. The summed E-state index contributed by atoms with van der Waals surface area (Å²) in [5, 5.41) is 3.04. The summed E-state index contributed by atoms with van der Waals surface area (Å²) in [6, 6.07) is 8.49. The van der Waals surface area contributed by atoms with E-state index in [1.165, 1.54) is 11.1 Å². The molecule has 1 aliphatic rings. The molecule has 0 radical (unpaired) electrons. The van der Waals surface area contributed by atoms with Crippen LogP contribution in [-0.2, 0) is 17.6 Å². The van der Waals surface area contributed by atoms with Gasteiger partial charge in [-0.2, -0.15) is 0 Å². The quantitative estimate of drug-likeness (QED) is 0.821. The molecule has 0 saturated heterocycles. The van der Waals surface area contributed by atoms with Crippen LogP contribution in [0, 0.1) is 5.92 Å². The van der Waals surface area contributed by atoms with Gasteiger partial charge in [0.05, 0.1) is 0 Å². The molecular weight excluding hydrogens is 212 g/mol. The lowest BCUT2D eigenvalue weighted by Crippen LogP contribution is -2.38. The van der Waals surface area contributed by atoms with E-state index in [0.29, 0.717) is 6.54 Å². The second-order valence-electron chi connectivity index (χ2n) is 4.86. The first-order valence-electron chi connectivity index (χ1n) is 6.28. The Kier molecular flexibility index (Phi) is 3.79. The van der Waals surface area contributed by atoms with Crippen molar-refractivity contribution in [3.63, 3.8) is 0 Å². The van der Waals surface area contributed by atoms with Crippen molar-refractivity contribution in [3.8, 4) is 0 Å². The summed E-state index contributed by atoms with van der Waals surface area (Å²) in [6.07, 6.45) is 2.58. The largest absolute Gasteiger partial charge is 0.353 e. The SMILES string of the molecule is CC(CCN)NC(=O)C1Cc2ccccc2C1. The van der Waals surface area contributed by atoms with Crippen molar-refractivity contribution in [2.75, 3.05) is 6.54 Å². The van der Waals surface area contributed by atoms with Crippen LogP contribution in [0.5, 0.6) is 0 Å². The Morgan fingerprint density at radius 2 is 2.00 bits per heavy atom. The van der Waals surface area contributed by atoms with E-state index in [0.717, 1.165) is 19.3 Å². The number of amides is 1. The Morgan fingerprint density at radius 3 is 2.53 bits per heavy atom. The van der Waals surface area contributed by atoms with Crippen molar-refractivity contribution in [1.29, 1.82) is 0 Å². The molecule has 1 unspecified atom stereocenters. The summed E-state index contributed by atoms with van der Waals surface area (Å²) in [5.74, 6) is 0.273. The zero-order chi connectivity index (χ0) is 12.3. The van der Waals surface area contributed by atoms with Gasteiger partial charge in [-0.3, -0.25) is 4.79 Å². The average molecular weight is 232 g/mol. The Hall–Kier alpha value is -1.35. The van der Waals surface area contributed by atoms with Crippen molar-refractivity contribution < 1.29 is 4.79 Å². The molecule has 0 aliphatic heterocycles. The van der Waals surface area contributed by atoms with Gasteiger partial charge in [0.2, 0.25) is 5.91 Å². The normalized spacial score (nSPS) is 16.6. The number of nitrogens with two attached hydrogens (primary N) is 1. The molecule has 0 saturated carbocycles. The van der Waals surface area contributed by atoms with E-state index in [9.17, 15) is 4.79 Å². The van der Waals surface area contributed by atoms with Gasteiger partial charge in [0.25, 0.3) is 0 Å². The number of carbonyl (C=O) groups excluding carboxylic acids is 1. The molecular formula is C14H20N2O.